The Labute approximate surface area is 62.2 Å². The number of halogens is 1. The number of rotatable bonds is 1. The van der Waals surface area contributed by atoms with Crippen LogP contribution >= 0.6 is 15.9 Å². The Bertz CT molecular complexity index is 101. The summed E-state index contributed by atoms with van der Waals surface area (Å²) in [5.41, 5.74) is 0. The smallest absolute Gasteiger partial charge is 0.0972 e. The standard InChI is InChI=1S/C5H10BrNO2/c6-1-3-5(9)4(8)2-7-3/h3-5,7-9H,1-2H2/t3-,4+,5-/m0/s1. The van der Waals surface area contributed by atoms with E-state index in [-0.39, 0.29) is 6.04 Å². The first kappa shape index (κ1) is 7.47. The van der Waals surface area contributed by atoms with Gasteiger partial charge in [-0.3, -0.25) is 0 Å². The second kappa shape index (κ2) is 2.96. The molecular weight excluding hydrogens is 186 g/mol. The molecule has 1 heterocycles. The molecule has 0 saturated carbocycles. The molecule has 0 aromatic carbocycles. The fourth-order valence-corrected chi connectivity index (χ4v) is 1.54. The summed E-state index contributed by atoms with van der Waals surface area (Å²) in [6.07, 6.45) is -1.20. The van der Waals surface area contributed by atoms with Crippen LogP contribution in [0.15, 0.2) is 0 Å². The van der Waals surface area contributed by atoms with Gasteiger partial charge in [0.1, 0.15) is 0 Å². The van der Waals surface area contributed by atoms with E-state index in [1.54, 1.807) is 0 Å². The highest BCUT2D eigenvalue weighted by molar-refractivity contribution is 9.09. The van der Waals surface area contributed by atoms with Crippen molar-refractivity contribution in [2.24, 2.45) is 0 Å². The van der Waals surface area contributed by atoms with Crippen molar-refractivity contribution in [3.8, 4) is 0 Å². The Balaban J connectivity index is 2.41. The molecule has 1 saturated heterocycles. The van der Waals surface area contributed by atoms with Crippen LogP contribution in [0.5, 0.6) is 0 Å². The highest BCUT2D eigenvalue weighted by Crippen LogP contribution is 2.09. The number of nitrogens with one attached hydrogen (secondary N) is 1. The molecular formula is C5H10BrNO2. The first-order valence-corrected chi connectivity index (χ1v) is 4.03. The van der Waals surface area contributed by atoms with E-state index in [0.29, 0.717) is 11.9 Å². The summed E-state index contributed by atoms with van der Waals surface area (Å²) in [5, 5.41) is 21.7. The molecule has 4 heteroatoms. The van der Waals surface area contributed by atoms with E-state index >= 15 is 0 Å². The first-order valence-electron chi connectivity index (χ1n) is 2.91. The molecule has 1 fully saturated rings. The van der Waals surface area contributed by atoms with Crippen LogP contribution in [-0.2, 0) is 0 Å². The van der Waals surface area contributed by atoms with E-state index in [2.05, 4.69) is 21.2 Å². The molecule has 9 heavy (non-hydrogen) atoms. The van der Waals surface area contributed by atoms with Gasteiger partial charge >= 0.3 is 0 Å². The fraction of sp³-hybridized carbons (Fsp3) is 1.00. The van der Waals surface area contributed by atoms with Gasteiger partial charge in [0, 0.05) is 17.9 Å². The average molecular weight is 196 g/mol. The van der Waals surface area contributed by atoms with Gasteiger partial charge in [-0.05, 0) is 0 Å². The normalized spacial score (nSPS) is 43.7. The van der Waals surface area contributed by atoms with Gasteiger partial charge in [0.2, 0.25) is 0 Å². The molecule has 1 rings (SSSR count). The van der Waals surface area contributed by atoms with Crippen molar-refractivity contribution in [2.75, 3.05) is 11.9 Å². The van der Waals surface area contributed by atoms with Crippen molar-refractivity contribution in [1.82, 2.24) is 5.32 Å². The van der Waals surface area contributed by atoms with Gasteiger partial charge in [-0.15, -0.1) is 0 Å². The van der Waals surface area contributed by atoms with Crippen molar-refractivity contribution in [3.05, 3.63) is 0 Å². The minimum atomic E-state index is -0.607. The third kappa shape index (κ3) is 1.43. The molecule has 3 nitrogen and oxygen atoms in total. The van der Waals surface area contributed by atoms with E-state index in [1.807, 2.05) is 0 Å². The monoisotopic (exact) mass is 195 g/mol. The largest absolute Gasteiger partial charge is 0.389 e. The van der Waals surface area contributed by atoms with E-state index in [0.717, 1.165) is 0 Å². The SMILES string of the molecule is O[C@@H]1[C@H](O)CN[C@H]1CBr. The number of hydrogen-bond acceptors (Lipinski definition) is 3. The van der Waals surface area contributed by atoms with Gasteiger partial charge in [-0.1, -0.05) is 15.9 Å². The van der Waals surface area contributed by atoms with Gasteiger partial charge in [-0.25, -0.2) is 0 Å². The molecule has 0 spiro atoms. The Hall–Kier alpha value is 0.360. The molecule has 0 aromatic rings. The summed E-state index contributed by atoms with van der Waals surface area (Å²) in [7, 11) is 0. The Kier molecular flexibility index (Phi) is 2.46. The van der Waals surface area contributed by atoms with Crippen LogP contribution in [0.3, 0.4) is 0 Å². The van der Waals surface area contributed by atoms with Crippen molar-refractivity contribution in [1.29, 1.82) is 0 Å². The highest BCUT2D eigenvalue weighted by atomic mass is 79.9. The zero-order valence-corrected chi connectivity index (χ0v) is 6.50. The number of aliphatic hydroxyl groups is 2. The summed E-state index contributed by atoms with van der Waals surface area (Å²) in [6, 6.07) is 0.0139. The summed E-state index contributed by atoms with van der Waals surface area (Å²) in [4.78, 5) is 0. The Morgan fingerprint density at radius 3 is 2.44 bits per heavy atom. The molecule has 3 N–H and O–H groups in total. The van der Waals surface area contributed by atoms with Crippen molar-refractivity contribution in [3.63, 3.8) is 0 Å². The minimum absolute atomic E-state index is 0.0139. The number of aliphatic hydroxyl groups excluding tert-OH is 2. The summed E-state index contributed by atoms with van der Waals surface area (Å²) < 4.78 is 0. The van der Waals surface area contributed by atoms with Gasteiger partial charge < -0.3 is 15.5 Å². The maximum absolute atomic E-state index is 9.11. The molecule has 0 aliphatic carbocycles. The zero-order valence-electron chi connectivity index (χ0n) is 4.92. The van der Waals surface area contributed by atoms with Crippen molar-refractivity contribution >= 4 is 15.9 Å². The predicted octanol–water partition coefficient (Wildman–Crippen LogP) is -0.925. The van der Waals surface area contributed by atoms with Crippen LogP contribution in [0.2, 0.25) is 0 Å². The molecule has 1 aliphatic rings. The molecule has 54 valence electrons. The second-order valence-corrected chi connectivity index (χ2v) is 2.87. The van der Waals surface area contributed by atoms with E-state index in [4.69, 9.17) is 10.2 Å². The van der Waals surface area contributed by atoms with E-state index in [1.165, 1.54) is 0 Å². The predicted molar refractivity (Wildman–Crippen MR) is 37.6 cm³/mol. The number of β-amino-alcohol motifs (C(OH)–C–C–N with tert-alkyl or cyclic N) is 1. The van der Waals surface area contributed by atoms with Gasteiger partial charge in [0.25, 0.3) is 0 Å². The lowest BCUT2D eigenvalue weighted by Gasteiger charge is -2.11. The average Bonchev–Trinajstić information content (AvgIpc) is 2.15. The number of alkyl halides is 1. The van der Waals surface area contributed by atoms with E-state index in [9.17, 15) is 0 Å². The lowest BCUT2D eigenvalue weighted by Crippen LogP contribution is -2.34. The molecule has 0 aromatic heterocycles. The van der Waals surface area contributed by atoms with Crippen LogP contribution in [0, 0.1) is 0 Å². The van der Waals surface area contributed by atoms with Gasteiger partial charge in [0.15, 0.2) is 0 Å². The van der Waals surface area contributed by atoms with Gasteiger partial charge in [0.05, 0.1) is 12.2 Å². The molecule has 3 atom stereocenters. The Morgan fingerprint density at radius 2 is 2.22 bits per heavy atom. The Morgan fingerprint density at radius 1 is 1.56 bits per heavy atom. The lowest BCUT2D eigenvalue weighted by molar-refractivity contribution is 0.0445. The second-order valence-electron chi connectivity index (χ2n) is 2.23. The van der Waals surface area contributed by atoms with Crippen LogP contribution in [0.4, 0.5) is 0 Å². The van der Waals surface area contributed by atoms with Crippen LogP contribution in [0.25, 0.3) is 0 Å². The van der Waals surface area contributed by atoms with Crippen molar-refractivity contribution in [2.45, 2.75) is 18.2 Å². The van der Waals surface area contributed by atoms with E-state index < -0.39 is 12.2 Å². The van der Waals surface area contributed by atoms with Crippen LogP contribution in [0.1, 0.15) is 0 Å². The minimum Gasteiger partial charge on any atom is -0.389 e. The fourth-order valence-electron chi connectivity index (χ4n) is 0.928. The summed E-state index contributed by atoms with van der Waals surface area (Å²) in [6.45, 7) is 0.497. The highest BCUT2D eigenvalue weighted by Gasteiger charge is 2.31. The molecule has 0 unspecified atom stereocenters. The topological polar surface area (TPSA) is 52.5 Å². The molecule has 0 radical (unpaired) electrons. The summed E-state index contributed by atoms with van der Waals surface area (Å²) in [5.74, 6) is 0. The van der Waals surface area contributed by atoms with Gasteiger partial charge in [-0.2, -0.15) is 0 Å². The van der Waals surface area contributed by atoms with Crippen LogP contribution < -0.4 is 5.32 Å². The zero-order chi connectivity index (χ0) is 6.85. The maximum Gasteiger partial charge on any atom is 0.0972 e. The quantitative estimate of drug-likeness (QED) is 0.475. The molecule has 0 bridgehead atoms. The number of hydrogen-bond donors (Lipinski definition) is 3. The third-order valence-corrected chi connectivity index (χ3v) is 2.26. The van der Waals surface area contributed by atoms with Crippen LogP contribution in [-0.4, -0.2) is 40.3 Å². The lowest BCUT2D eigenvalue weighted by atomic mass is 10.2. The summed E-state index contributed by atoms with van der Waals surface area (Å²) >= 11 is 3.21. The first-order chi connectivity index (χ1) is 4.25. The van der Waals surface area contributed by atoms with Crippen molar-refractivity contribution < 1.29 is 10.2 Å². The molecule has 0 amide bonds. The third-order valence-electron chi connectivity index (χ3n) is 1.56. The maximum atomic E-state index is 9.11. The molecule has 1 aliphatic heterocycles.